The predicted octanol–water partition coefficient (Wildman–Crippen LogP) is 4.89. The van der Waals surface area contributed by atoms with Gasteiger partial charge in [0.05, 0.1) is 18.1 Å². The molecular formula is C29H31N3O4S2. The number of nitrogens with zero attached hydrogens (tertiary/aromatic N) is 3. The molecule has 0 saturated carbocycles. The second-order valence-electron chi connectivity index (χ2n) is 9.17. The molecule has 0 N–H and O–H groups in total. The lowest BCUT2D eigenvalue weighted by atomic mass is 9.93. The van der Waals surface area contributed by atoms with Gasteiger partial charge in [-0.1, -0.05) is 48.5 Å². The Hall–Kier alpha value is -3.11. The van der Waals surface area contributed by atoms with Crippen LogP contribution in [0.4, 0.5) is 0 Å². The molecule has 38 heavy (non-hydrogen) atoms. The first-order valence-corrected chi connectivity index (χ1v) is 15.1. The molecule has 7 nitrogen and oxygen atoms in total. The number of ether oxygens (including phenoxy) is 1. The smallest absolute Gasteiger partial charge is 0.245 e. The molecule has 4 aromatic rings. The van der Waals surface area contributed by atoms with E-state index in [1.54, 1.807) is 35.7 Å². The van der Waals surface area contributed by atoms with Crippen LogP contribution in [0.15, 0.2) is 83.2 Å². The predicted molar refractivity (Wildman–Crippen MR) is 150 cm³/mol. The molecule has 9 heteroatoms. The van der Waals surface area contributed by atoms with Crippen LogP contribution in [0.1, 0.15) is 35.4 Å². The fraction of sp³-hybridized carbons (Fsp3) is 0.310. The van der Waals surface area contributed by atoms with E-state index in [1.165, 1.54) is 9.18 Å². The molecule has 1 aliphatic rings. The Labute approximate surface area is 227 Å². The molecule has 198 valence electrons. The Balaban J connectivity index is 1.48. The van der Waals surface area contributed by atoms with Crippen molar-refractivity contribution in [2.75, 3.05) is 32.8 Å². The summed E-state index contributed by atoms with van der Waals surface area (Å²) >= 11 is 1.70. The highest BCUT2D eigenvalue weighted by Gasteiger charge is 2.36. The molecule has 3 heterocycles. The molecular weight excluding hydrogens is 518 g/mol. The minimum absolute atomic E-state index is 0.109. The molecule has 2 aromatic carbocycles. The lowest BCUT2D eigenvalue weighted by Crippen LogP contribution is -2.47. The highest BCUT2D eigenvalue weighted by molar-refractivity contribution is 7.89. The summed E-state index contributed by atoms with van der Waals surface area (Å²) in [6.07, 6.45) is 2.82. The van der Waals surface area contributed by atoms with Gasteiger partial charge in [-0.3, -0.25) is 9.78 Å². The number of carbonyl (C=O) groups excluding carboxylic acids is 1. The van der Waals surface area contributed by atoms with E-state index in [1.807, 2.05) is 54.3 Å². The molecule has 0 spiro atoms. The Kier molecular flexibility index (Phi) is 8.18. The first kappa shape index (κ1) is 26.5. The van der Waals surface area contributed by atoms with Crippen LogP contribution in [0, 0.1) is 0 Å². The van der Waals surface area contributed by atoms with Crippen molar-refractivity contribution < 1.29 is 17.9 Å². The number of para-hydroxylation sites is 1. The van der Waals surface area contributed by atoms with Gasteiger partial charge in [0, 0.05) is 42.8 Å². The van der Waals surface area contributed by atoms with Crippen LogP contribution in [0.5, 0.6) is 0 Å². The minimum Gasteiger partial charge on any atom is -0.382 e. The summed E-state index contributed by atoms with van der Waals surface area (Å²) in [6.45, 7) is 3.33. The number of carbonyl (C=O) groups is 1. The molecule has 1 unspecified atom stereocenters. The summed E-state index contributed by atoms with van der Waals surface area (Å²) in [5.74, 6) is -0.219. The van der Waals surface area contributed by atoms with E-state index in [9.17, 15) is 13.2 Å². The normalized spacial score (nSPS) is 15.6. The molecule has 5 rings (SSSR count). The number of amides is 1. The quantitative estimate of drug-likeness (QED) is 0.263. The summed E-state index contributed by atoms with van der Waals surface area (Å²) < 4.78 is 34.8. The Morgan fingerprint density at radius 2 is 1.92 bits per heavy atom. The third-order valence-corrected chi connectivity index (χ3v) is 9.70. The molecule has 1 amide bonds. The van der Waals surface area contributed by atoms with Gasteiger partial charge < -0.3 is 9.64 Å². The van der Waals surface area contributed by atoms with Gasteiger partial charge in [-0.2, -0.15) is 4.31 Å². The fourth-order valence-electron chi connectivity index (χ4n) is 5.02. The van der Waals surface area contributed by atoms with Crippen molar-refractivity contribution in [1.82, 2.24) is 14.2 Å². The van der Waals surface area contributed by atoms with Crippen molar-refractivity contribution in [3.05, 3.63) is 94.3 Å². The number of hydrogen-bond donors (Lipinski definition) is 0. The maximum atomic E-state index is 14.0. The van der Waals surface area contributed by atoms with Crippen molar-refractivity contribution in [2.24, 2.45) is 0 Å². The average Bonchev–Trinajstić information content (AvgIpc) is 3.43. The first-order chi connectivity index (χ1) is 18.5. The van der Waals surface area contributed by atoms with Crippen LogP contribution in [0.25, 0.3) is 10.9 Å². The van der Waals surface area contributed by atoms with E-state index in [4.69, 9.17) is 4.74 Å². The largest absolute Gasteiger partial charge is 0.382 e. The molecule has 0 saturated heterocycles. The van der Waals surface area contributed by atoms with Gasteiger partial charge in [0.15, 0.2) is 0 Å². The zero-order chi connectivity index (χ0) is 26.5. The zero-order valence-electron chi connectivity index (χ0n) is 21.3. The van der Waals surface area contributed by atoms with Crippen LogP contribution in [0.2, 0.25) is 0 Å². The third kappa shape index (κ3) is 5.37. The van der Waals surface area contributed by atoms with Gasteiger partial charge in [-0.25, -0.2) is 8.42 Å². The summed E-state index contributed by atoms with van der Waals surface area (Å²) in [5, 5.41) is 2.80. The van der Waals surface area contributed by atoms with Crippen molar-refractivity contribution in [2.45, 2.75) is 30.7 Å². The number of sulfonamides is 1. The van der Waals surface area contributed by atoms with Gasteiger partial charge in [0.1, 0.15) is 4.90 Å². The standard InChI is InChI=1S/C29H31N3O4S2/c1-2-36-19-8-17-31(38(34,35)26-13-6-11-22-12-7-16-30-28(22)26)21-27(33)32-18-14-25-24(15-20-37-25)29(32)23-9-4-3-5-10-23/h3-7,9-13,15-16,20,29H,2,8,14,17-19,21H2,1H3. The van der Waals surface area contributed by atoms with Crippen LogP contribution in [-0.2, 0) is 26.0 Å². The maximum Gasteiger partial charge on any atom is 0.245 e. The van der Waals surface area contributed by atoms with Crippen LogP contribution in [0.3, 0.4) is 0 Å². The van der Waals surface area contributed by atoms with E-state index < -0.39 is 10.0 Å². The van der Waals surface area contributed by atoms with E-state index in [-0.39, 0.29) is 29.9 Å². The second kappa shape index (κ2) is 11.7. The van der Waals surface area contributed by atoms with Gasteiger partial charge in [-0.05, 0) is 54.5 Å². The Bertz CT molecular complexity index is 1500. The highest BCUT2D eigenvalue weighted by Crippen LogP contribution is 2.38. The summed E-state index contributed by atoms with van der Waals surface area (Å²) in [6, 6.07) is 20.5. The molecule has 0 aliphatic carbocycles. The second-order valence-corrected chi connectivity index (χ2v) is 12.1. The number of fused-ring (bicyclic) bond motifs is 2. The summed E-state index contributed by atoms with van der Waals surface area (Å²) in [5.41, 5.74) is 2.54. The fourth-order valence-corrected chi connectivity index (χ4v) is 7.51. The summed E-state index contributed by atoms with van der Waals surface area (Å²) in [7, 11) is -4.01. The summed E-state index contributed by atoms with van der Waals surface area (Å²) in [4.78, 5) is 21.5. The van der Waals surface area contributed by atoms with Gasteiger partial charge in [-0.15, -0.1) is 11.3 Å². The Morgan fingerprint density at radius 3 is 2.74 bits per heavy atom. The zero-order valence-corrected chi connectivity index (χ0v) is 23.0. The van der Waals surface area contributed by atoms with Gasteiger partial charge >= 0.3 is 0 Å². The average molecular weight is 550 g/mol. The van der Waals surface area contributed by atoms with Crippen LogP contribution in [-0.4, -0.2) is 61.4 Å². The van der Waals surface area contributed by atoms with E-state index in [0.717, 1.165) is 22.9 Å². The lowest BCUT2D eigenvalue weighted by Gasteiger charge is -2.37. The molecule has 1 atom stereocenters. The highest BCUT2D eigenvalue weighted by atomic mass is 32.2. The SMILES string of the molecule is CCOCCCN(CC(=O)N1CCc2sccc2C1c1ccccc1)S(=O)(=O)c1cccc2cccnc12. The van der Waals surface area contributed by atoms with Crippen molar-refractivity contribution in [1.29, 1.82) is 0 Å². The number of pyridine rings is 1. The molecule has 0 radical (unpaired) electrons. The maximum absolute atomic E-state index is 14.0. The monoisotopic (exact) mass is 549 g/mol. The van der Waals surface area contributed by atoms with Crippen molar-refractivity contribution in [3.63, 3.8) is 0 Å². The number of thiophene rings is 1. The third-order valence-electron chi connectivity index (χ3n) is 6.83. The number of aromatic nitrogens is 1. The molecule has 0 fully saturated rings. The van der Waals surface area contributed by atoms with E-state index >= 15 is 0 Å². The lowest BCUT2D eigenvalue weighted by molar-refractivity contribution is -0.133. The molecule has 0 bridgehead atoms. The van der Waals surface area contributed by atoms with Crippen LogP contribution >= 0.6 is 11.3 Å². The van der Waals surface area contributed by atoms with E-state index in [0.29, 0.717) is 31.7 Å². The molecule has 1 aliphatic heterocycles. The van der Waals surface area contributed by atoms with Crippen LogP contribution < -0.4 is 0 Å². The molecule has 2 aromatic heterocycles. The number of hydrogen-bond acceptors (Lipinski definition) is 6. The number of rotatable bonds is 10. The van der Waals surface area contributed by atoms with Gasteiger partial charge in [0.2, 0.25) is 15.9 Å². The minimum atomic E-state index is -4.01. The van der Waals surface area contributed by atoms with Crippen molar-refractivity contribution >= 4 is 38.2 Å². The topological polar surface area (TPSA) is 79.8 Å². The van der Waals surface area contributed by atoms with Gasteiger partial charge in [0.25, 0.3) is 0 Å². The van der Waals surface area contributed by atoms with Crippen molar-refractivity contribution in [3.8, 4) is 0 Å². The first-order valence-electron chi connectivity index (χ1n) is 12.8. The number of benzene rings is 2. The van der Waals surface area contributed by atoms with E-state index in [2.05, 4.69) is 16.4 Å². The Morgan fingerprint density at radius 1 is 1.11 bits per heavy atom.